The number of aromatic nitrogens is 1. The molecule has 0 saturated carbocycles. The van der Waals surface area contributed by atoms with Gasteiger partial charge in [-0.15, -0.1) is 11.3 Å². The van der Waals surface area contributed by atoms with E-state index in [1.165, 1.54) is 0 Å². The fourth-order valence-corrected chi connectivity index (χ4v) is 1.92. The Bertz CT molecular complexity index is 354. The fraction of sp³-hybridized carbons (Fsp3) is 0.636. The molecule has 0 aromatic carbocycles. The van der Waals surface area contributed by atoms with E-state index in [9.17, 15) is 4.79 Å². The number of nitrogens with two attached hydrogens (primary N) is 1. The summed E-state index contributed by atoms with van der Waals surface area (Å²) in [6, 6.07) is 0. The molecule has 0 aliphatic rings. The van der Waals surface area contributed by atoms with Gasteiger partial charge in [-0.1, -0.05) is 0 Å². The van der Waals surface area contributed by atoms with E-state index in [0.29, 0.717) is 19.4 Å². The highest BCUT2D eigenvalue weighted by molar-refractivity contribution is 7.09. The van der Waals surface area contributed by atoms with E-state index < -0.39 is 0 Å². The average Bonchev–Trinajstić information content (AvgIpc) is 2.57. The van der Waals surface area contributed by atoms with Crippen LogP contribution in [0.15, 0.2) is 5.51 Å². The lowest BCUT2D eigenvalue weighted by molar-refractivity contribution is -0.121. The Morgan fingerprint density at radius 1 is 1.62 bits per heavy atom. The van der Waals surface area contributed by atoms with E-state index in [2.05, 4.69) is 10.3 Å². The average molecular weight is 241 g/mol. The van der Waals surface area contributed by atoms with Gasteiger partial charge < -0.3 is 11.1 Å². The third kappa shape index (κ3) is 4.72. The molecule has 0 aliphatic carbocycles. The molecule has 1 rings (SSSR count). The highest BCUT2D eigenvalue weighted by Gasteiger charge is 2.13. The zero-order valence-electron chi connectivity index (χ0n) is 10.0. The normalized spacial score (nSPS) is 11.5. The van der Waals surface area contributed by atoms with Crippen LogP contribution < -0.4 is 11.1 Å². The molecule has 0 radical (unpaired) electrons. The molecule has 0 spiro atoms. The minimum absolute atomic E-state index is 0.0475. The molecule has 1 aromatic heterocycles. The number of amides is 1. The first-order valence-electron chi connectivity index (χ1n) is 5.33. The van der Waals surface area contributed by atoms with Crippen molar-refractivity contribution in [1.29, 1.82) is 0 Å². The Kier molecular flexibility index (Phi) is 4.44. The number of carbonyl (C=O) groups excluding carboxylic acids is 1. The predicted molar refractivity (Wildman–Crippen MR) is 66.2 cm³/mol. The maximum Gasteiger partial charge on any atom is 0.220 e. The third-order valence-corrected chi connectivity index (χ3v) is 3.22. The Morgan fingerprint density at radius 2 is 2.31 bits per heavy atom. The van der Waals surface area contributed by atoms with Crippen LogP contribution in [0.1, 0.15) is 37.3 Å². The summed E-state index contributed by atoms with van der Waals surface area (Å²) in [5.41, 5.74) is 8.31. The number of hydrogen-bond acceptors (Lipinski definition) is 4. The molecule has 0 unspecified atom stereocenters. The van der Waals surface area contributed by atoms with Crippen molar-refractivity contribution in [3.8, 4) is 0 Å². The molecule has 0 bridgehead atoms. The number of nitrogens with zero attached hydrogens (tertiary/aromatic N) is 1. The molecule has 5 heteroatoms. The summed E-state index contributed by atoms with van der Waals surface area (Å²) in [5.74, 6) is 0.0475. The SMILES string of the molecule is Cc1ncsc1CNC(=O)CCC(C)(C)N. The zero-order valence-corrected chi connectivity index (χ0v) is 10.9. The highest BCUT2D eigenvalue weighted by Crippen LogP contribution is 2.12. The standard InChI is InChI=1S/C11H19N3OS/c1-8-9(16-7-14-8)6-13-10(15)4-5-11(2,3)12/h7H,4-6,12H2,1-3H3,(H,13,15). The molecule has 0 saturated heterocycles. The second-order valence-electron chi connectivity index (χ2n) is 4.63. The van der Waals surface area contributed by atoms with Gasteiger partial charge in [-0.25, -0.2) is 4.98 Å². The Labute approximate surface area is 100 Å². The summed E-state index contributed by atoms with van der Waals surface area (Å²) < 4.78 is 0. The summed E-state index contributed by atoms with van der Waals surface area (Å²) in [5, 5.41) is 2.87. The molecule has 0 atom stereocenters. The molecule has 4 nitrogen and oxygen atoms in total. The first-order valence-corrected chi connectivity index (χ1v) is 6.21. The third-order valence-electron chi connectivity index (χ3n) is 2.29. The van der Waals surface area contributed by atoms with Crippen LogP contribution in [0, 0.1) is 6.92 Å². The van der Waals surface area contributed by atoms with Crippen LogP contribution in [0.4, 0.5) is 0 Å². The quantitative estimate of drug-likeness (QED) is 0.822. The van der Waals surface area contributed by atoms with E-state index in [4.69, 9.17) is 5.73 Å². The Morgan fingerprint density at radius 3 is 2.81 bits per heavy atom. The summed E-state index contributed by atoms with van der Waals surface area (Å²) in [7, 11) is 0. The second-order valence-corrected chi connectivity index (χ2v) is 5.57. The van der Waals surface area contributed by atoms with Gasteiger partial charge in [0.15, 0.2) is 0 Å². The lowest BCUT2D eigenvalue weighted by Gasteiger charge is -2.17. The first-order chi connectivity index (χ1) is 7.38. The van der Waals surface area contributed by atoms with Crippen molar-refractivity contribution < 1.29 is 4.79 Å². The molecular formula is C11H19N3OS. The van der Waals surface area contributed by atoms with Crippen molar-refractivity contribution in [2.75, 3.05) is 0 Å². The number of hydrogen-bond donors (Lipinski definition) is 2. The molecular weight excluding hydrogens is 222 g/mol. The number of aryl methyl sites for hydroxylation is 1. The van der Waals surface area contributed by atoms with Gasteiger partial charge >= 0.3 is 0 Å². The van der Waals surface area contributed by atoms with Crippen molar-refractivity contribution in [3.63, 3.8) is 0 Å². The smallest absolute Gasteiger partial charge is 0.220 e. The summed E-state index contributed by atoms with van der Waals surface area (Å²) in [6.45, 7) is 6.36. The van der Waals surface area contributed by atoms with E-state index in [1.54, 1.807) is 16.8 Å². The summed E-state index contributed by atoms with van der Waals surface area (Å²) >= 11 is 1.56. The molecule has 1 heterocycles. The van der Waals surface area contributed by atoms with Gasteiger partial charge in [-0.3, -0.25) is 4.79 Å². The van der Waals surface area contributed by atoms with Gasteiger partial charge in [0.2, 0.25) is 5.91 Å². The molecule has 0 fully saturated rings. The second kappa shape index (κ2) is 5.41. The predicted octanol–water partition coefficient (Wildman–Crippen LogP) is 1.59. The Hall–Kier alpha value is -0.940. The maximum atomic E-state index is 11.5. The van der Waals surface area contributed by atoms with Crippen LogP contribution in [-0.4, -0.2) is 16.4 Å². The molecule has 90 valence electrons. The molecule has 1 aromatic rings. The largest absolute Gasteiger partial charge is 0.351 e. The van der Waals surface area contributed by atoms with Crippen molar-refractivity contribution in [2.45, 2.75) is 45.7 Å². The van der Waals surface area contributed by atoms with Crippen LogP contribution >= 0.6 is 11.3 Å². The van der Waals surface area contributed by atoms with Gasteiger partial charge in [0.1, 0.15) is 0 Å². The fourth-order valence-electron chi connectivity index (χ4n) is 1.20. The van der Waals surface area contributed by atoms with E-state index in [0.717, 1.165) is 10.6 Å². The monoisotopic (exact) mass is 241 g/mol. The van der Waals surface area contributed by atoms with E-state index >= 15 is 0 Å². The molecule has 16 heavy (non-hydrogen) atoms. The number of nitrogens with one attached hydrogen (secondary N) is 1. The van der Waals surface area contributed by atoms with Gasteiger partial charge in [0, 0.05) is 16.8 Å². The maximum absolute atomic E-state index is 11.5. The Balaban J connectivity index is 2.29. The van der Waals surface area contributed by atoms with Crippen molar-refractivity contribution in [1.82, 2.24) is 10.3 Å². The van der Waals surface area contributed by atoms with Gasteiger partial charge in [0.05, 0.1) is 17.7 Å². The summed E-state index contributed by atoms with van der Waals surface area (Å²) in [4.78, 5) is 16.8. The van der Waals surface area contributed by atoms with Crippen LogP contribution in [0.5, 0.6) is 0 Å². The van der Waals surface area contributed by atoms with Crippen LogP contribution in [0.3, 0.4) is 0 Å². The van der Waals surface area contributed by atoms with E-state index in [-0.39, 0.29) is 11.4 Å². The van der Waals surface area contributed by atoms with Crippen molar-refractivity contribution in [3.05, 3.63) is 16.1 Å². The number of carbonyl (C=O) groups is 1. The topological polar surface area (TPSA) is 68.0 Å². The van der Waals surface area contributed by atoms with Crippen molar-refractivity contribution in [2.24, 2.45) is 5.73 Å². The minimum atomic E-state index is -0.280. The first kappa shape index (κ1) is 13.1. The van der Waals surface area contributed by atoms with Gasteiger partial charge in [0.25, 0.3) is 0 Å². The lowest BCUT2D eigenvalue weighted by Crippen LogP contribution is -2.34. The highest BCUT2D eigenvalue weighted by atomic mass is 32.1. The van der Waals surface area contributed by atoms with Gasteiger partial charge in [-0.05, 0) is 27.2 Å². The van der Waals surface area contributed by atoms with Gasteiger partial charge in [-0.2, -0.15) is 0 Å². The zero-order chi connectivity index (χ0) is 12.2. The lowest BCUT2D eigenvalue weighted by atomic mass is 10.00. The van der Waals surface area contributed by atoms with Crippen molar-refractivity contribution >= 4 is 17.2 Å². The molecule has 3 N–H and O–H groups in total. The van der Waals surface area contributed by atoms with Crippen LogP contribution in [0.25, 0.3) is 0 Å². The van der Waals surface area contributed by atoms with Crippen LogP contribution in [-0.2, 0) is 11.3 Å². The summed E-state index contributed by atoms with van der Waals surface area (Å²) in [6.07, 6.45) is 1.17. The van der Waals surface area contributed by atoms with E-state index in [1.807, 2.05) is 20.8 Å². The molecule has 0 aliphatic heterocycles. The minimum Gasteiger partial charge on any atom is -0.351 e. The molecule has 1 amide bonds. The number of thiazole rings is 1. The van der Waals surface area contributed by atoms with Crippen LogP contribution in [0.2, 0.25) is 0 Å². The number of rotatable bonds is 5.